The zero-order chi connectivity index (χ0) is 12.1. The van der Waals surface area contributed by atoms with Crippen molar-refractivity contribution in [3.8, 4) is 0 Å². The third kappa shape index (κ3) is 3.77. The van der Waals surface area contributed by atoms with E-state index in [1.165, 1.54) is 5.56 Å². The van der Waals surface area contributed by atoms with Crippen LogP contribution in [0.4, 0.5) is 0 Å². The van der Waals surface area contributed by atoms with Crippen molar-refractivity contribution >= 4 is 22.9 Å². The molecule has 0 atom stereocenters. The van der Waals surface area contributed by atoms with Crippen molar-refractivity contribution in [2.24, 2.45) is 0 Å². The maximum Gasteiger partial charge on any atom is 0.121 e. The molecular formula is C12H14ClN3S. The fraction of sp³-hybridized carbons (Fsp3) is 0.333. The van der Waals surface area contributed by atoms with Crippen LogP contribution in [0.25, 0.3) is 0 Å². The number of likely N-dealkylation sites (N-methyl/N-ethyl adjacent to an activating group) is 1. The van der Waals surface area contributed by atoms with Gasteiger partial charge in [-0.05, 0) is 24.7 Å². The minimum atomic E-state index is 0.766. The van der Waals surface area contributed by atoms with Gasteiger partial charge in [-0.1, -0.05) is 23.7 Å². The molecule has 0 saturated carbocycles. The molecule has 0 aliphatic rings. The van der Waals surface area contributed by atoms with Crippen LogP contribution in [0.5, 0.6) is 0 Å². The second kappa shape index (κ2) is 6.10. The quantitative estimate of drug-likeness (QED) is 0.905. The fourth-order valence-corrected chi connectivity index (χ4v) is 2.61. The minimum absolute atomic E-state index is 0.766. The Labute approximate surface area is 110 Å². The highest BCUT2D eigenvalue weighted by atomic mass is 35.5. The van der Waals surface area contributed by atoms with E-state index in [-0.39, 0.29) is 0 Å². The number of halogens is 1. The average molecular weight is 268 g/mol. The van der Waals surface area contributed by atoms with Crippen LogP contribution >= 0.6 is 22.9 Å². The van der Waals surface area contributed by atoms with Crippen molar-refractivity contribution in [1.82, 2.24) is 15.5 Å². The number of nitrogens with zero attached hydrogens (tertiary/aromatic N) is 2. The van der Waals surface area contributed by atoms with Gasteiger partial charge in [0.25, 0.3) is 0 Å². The first-order valence-corrected chi connectivity index (χ1v) is 6.67. The van der Waals surface area contributed by atoms with Crippen molar-refractivity contribution in [3.05, 3.63) is 44.9 Å². The molecule has 0 aliphatic heterocycles. The summed E-state index contributed by atoms with van der Waals surface area (Å²) in [5.41, 5.74) is 1.17. The van der Waals surface area contributed by atoms with Crippen molar-refractivity contribution < 1.29 is 0 Å². The lowest BCUT2D eigenvalue weighted by atomic mass is 10.2. The fourth-order valence-electron chi connectivity index (χ4n) is 1.51. The first kappa shape index (κ1) is 12.5. The molecule has 0 aliphatic carbocycles. The first-order valence-electron chi connectivity index (χ1n) is 5.48. The van der Waals surface area contributed by atoms with Crippen molar-refractivity contribution in [1.29, 1.82) is 0 Å². The predicted molar refractivity (Wildman–Crippen MR) is 71.8 cm³/mol. The Morgan fingerprint density at radius 1 is 1.29 bits per heavy atom. The molecule has 2 aromatic rings. The Balaban J connectivity index is 2.01. The molecule has 0 amide bonds. The summed E-state index contributed by atoms with van der Waals surface area (Å²) in [4.78, 5) is 0. The average Bonchev–Trinajstić information content (AvgIpc) is 2.74. The highest BCUT2D eigenvalue weighted by molar-refractivity contribution is 7.11. The second-order valence-electron chi connectivity index (χ2n) is 3.75. The molecular weight excluding hydrogens is 254 g/mol. The maximum atomic E-state index is 5.94. The lowest BCUT2D eigenvalue weighted by Gasteiger charge is -1.97. The number of hydrogen-bond acceptors (Lipinski definition) is 4. The molecule has 1 aromatic heterocycles. The summed E-state index contributed by atoms with van der Waals surface area (Å²) in [6.07, 6.45) is 1.74. The highest BCUT2D eigenvalue weighted by Gasteiger charge is 2.05. The van der Waals surface area contributed by atoms with Gasteiger partial charge in [-0.25, -0.2) is 0 Å². The van der Waals surface area contributed by atoms with Gasteiger partial charge in [0.05, 0.1) is 0 Å². The Morgan fingerprint density at radius 2 is 2.12 bits per heavy atom. The molecule has 1 N–H and O–H groups in total. The zero-order valence-corrected chi connectivity index (χ0v) is 11.2. The largest absolute Gasteiger partial charge is 0.319 e. The van der Waals surface area contributed by atoms with E-state index < -0.39 is 0 Å². The van der Waals surface area contributed by atoms with Gasteiger partial charge >= 0.3 is 0 Å². The minimum Gasteiger partial charge on any atom is -0.319 e. The van der Waals surface area contributed by atoms with Crippen LogP contribution in [-0.4, -0.2) is 23.8 Å². The third-order valence-corrected chi connectivity index (χ3v) is 3.56. The zero-order valence-electron chi connectivity index (χ0n) is 9.61. The molecule has 3 nitrogen and oxygen atoms in total. The normalized spacial score (nSPS) is 10.7. The molecule has 2 rings (SSSR count). The second-order valence-corrected chi connectivity index (χ2v) is 5.33. The SMILES string of the molecule is CNCCc1nnc(Cc2cccc(Cl)c2)s1. The van der Waals surface area contributed by atoms with Crippen LogP contribution in [0.3, 0.4) is 0 Å². The van der Waals surface area contributed by atoms with Crippen molar-refractivity contribution in [3.63, 3.8) is 0 Å². The van der Waals surface area contributed by atoms with Crippen LogP contribution in [0.1, 0.15) is 15.6 Å². The predicted octanol–water partition coefficient (Wildman–Crippen LogP) is 2.54. The Hall–Kier alpha value is -0.970. The molecule has 0 saturated heterocycles. The van der Waals surface area contributed by atoms with E-state index in [1.54, 1.807) is 11.3 Å². The van der Waals surface area contributed by atoms with Gasteiger partial charge < -0.3 is 5.32 Å². The van der Waals surface area contributed by atoms with E-state index in [2.05, 4.69) is 21.6 Å². The van der Waals surface area contributed by atoms with Gasteiger partial charge in [-0.3, -0.25) is 0 Å². The van der Waals surface area contributed by atoms with Crippen LogP contribution < -0.4 is 5.32 Å². The number of rotatable bonds is 5. The van der Waals surface area contributed by atoms with Crippen LogP contribution in [-0.2, 0) is 12.8 Å². The highest BCUT2D eigenvalue weighted by Crippen LogP contribution is 2.17. The molecule has 1 heterocycles. The summed E-state index contributed by atoms with van der Waals surface area (Å²) in [6.45, 7) is 0.936. The molecule has 0 bridgehead atoms. The molecule has 5 heteroatoms. The molecule has 0 unspecified atom stereocenters. The Bertz CT molecular complexity index is 484. The van der Waals surface area contributed by atoms with E-state index in [9.17, 15) is 0 Å². The summed E-state index contributed by atoms with van der Waals surface area (Å²) >= 11 is 7.61. The molecule has 0 radical (unpaired) electrons. The Kier molecular flexibility index (Phi) is 4.48. The lowest BCUT2D eigenvalue weighted by molar-refractivity contribution is 0.777. The number of aromatic nitrogens is 2. The smallest absolute Gasteiger partial charge is 0.121 e. The summed E-state index contributed by atoms with van der Waals surface area (Å²) in [5, 5.41) is 14.3. The number of hydrogen-bond donors (Lipinski definition) is 1. The van der Waals surface area contributed by atoms with E-state index in [1.807, 2.05) is 25.2 Å². The first-order chi connectivity index (χ1) is 8.28. The Morgan fingerprint density at radius 3 is 2.88 bits per heavy atom. The van der Waals surface area contributed by atoms with Crippen LogP contribution in [0, 0.1) is 0 Å². The lowest BCUT2D eigenvalue weighted by Crippen LogP contribution is -2.09. The van der Waals surface area contributed by atoms with Crippen LogP contribution in [0.2, 0.25) is 5.02 Å². The molecule has 90 valence electrons. The van der Waals surface area contributed by atoms with E-state index in [4.69, 9.17) is 11.6 Å². The van der Waals surface area contributed by atoms with Gasteiger partial charge in [-0.2, -0.15) is 0 Å². The summed E-state index contributed by atoms with van der Waals surface area (Å²) < 4.78 is 0. The number of benzene rings is 1. The molecule has 17 heavy (non-hydrogen) atoms. The summed E-state index contributed by atoms with van der Waals surface area (Å²) in [5.74, 6) is 0. The molecule has 0 fully saturated rings. The molecule has 1 aromatic carbocycles. The summed E-state index contributed by atoms with van der Waals surface area (Å²) in [6, 6.07) is 7.86. The van der Waals surface area contributed by atoms with E-state index in [0.29, 0.717) is 0 Å². The van der Waals surface area contributed by atoms with Gasteiger partial charge in [0.2, 0.25) is 0 Å². The van der Waals surface area contributed by atoms with Crippen LogP contribution in [0.15, 0.2) is 24.3 Å². The standard InChI is InChI=1S/C12H14ClN3S/c1-14-6-5-11-15-16-12(17-11)8-9-3-2-4-10(13)7-9/h2-4,7,14H,5-6,8H2,1H3. The van der Waals surface area contributed by atoms with E-state index in [0.717, 1.165) is 34.4 Å². The van der Waals surface area contributed by atoms with Gasteiger partial charge in [0, 0.05) is 24.4 Å². The maximum absolute atomic E-state index is 5.94. The van der Waals surface area contributed by atoms with Gasteiger partial charge in [-0.15, -0.1) is 21.5 Å². The van der Waals surface area contributed by atoms with E-state index >= 15 is 0 Å². The topological polar surface area (TPSA) is 37.8 Å². The number of nitrogens with one attached hydrogen (secondary N) is 1. The van der Waals surface area contributed by atoms with Crippen molar-refractivity contribution in [2.45, 2.75) is 12.8 Å². The van der Waals surface area contributed by atoms with Crippen molar-refractivity contribution in [2.75, 3.05) is 13.6 Å². The monoisotopic (exact) mass is 267 g/mol. The van der Waals surface area contributed by atoms with Gasteiger partial charge in [0.15, 0.2) is 0 Å². The molecule has 0 spiro atoms. The third-order valence-electron chi connectivity index (χ3n) is 2.34. The van der Waals surface area contributed by atoms with Gasteiger partial charge in [0.1, 0.15) is 10.0 Å². The summed E-state index contributed by atoms with van der Waals surface area (Å²) in [7, 11) is 1.94.